The van der Waals surface area contributed by atoms with Crippen molar-refractivity contribution < 1.29 is 9.53 Å². The molecule has 1 aromatic carbocycles. The van der Waals surface area contributed by atoms with E-state index in [2.05, 4.69) is 23.6 Å². The Labute approximate surface area is 150 Å². The van der Waals surface area contributed by atoms with E-state index in [1.807, 2.05) is 18.2 Å². The van der Waals surface area contributed by atoms with Crippen molar-refractivity contribution in [2.75, 3.05) is 13.1 Å². The van der Waals surface area contributed by atoms with Crippen molar-refractivity contribution in [3.8, 4) is 5.75 Å². The van der Waals surface area contributed by atoms with E-state index in [9.17, 15) is 4.79 Å². The summed E-state index contributed by atoms with van der Waals surface area (Å²) >= 11 is 0. The molecular formula is C19H27ClN2O2. The first kappa shape index (κ1) is 17.6. The van der Waals surface area contributed by atoms with Crippen LogP contribution in [0.2, 0.25) is 0 Å². The molecule has 2 heterocycles. The van der Waals surface area contributed by atoms with Crippen LogP contribution >= 0.6 is 12.4 Å². The molecule has 5 heteroatoms. The van der Waals surface area contributed by atoms with Gasteiger partial charge >= 0.3 is 0 Å². The van der Waals surface area contributed by atoms with Crippen LogP contribution in [0.3, 0.4) is 0 Å². The molecule has 0 bridgehead atoms. The van der Waals surface area contributed by atoms with E-state index in [-0.39, 0.29) is 35.9 Å². The molecule has 1 aromatic rings. The smallest absolute Gasteiger partial charge is 0.223 e. The maximum absolute atomic E-state index is 12.7. The van der Waals surface area contributed by atoms with E-state index >= 15 is 0 Å². The predicted molar refractivity (Wildman–Crippen MR) is 96.5 cm³/mol. The average molecular weight is 351 g/mol. The lowest BCUT2D eigenvalue weighted by atomic mass is 9.84. The number of carbonyl (C=O) groups excluding carboxylic acids is 1. The molecule has 2 unspecified atom stereocenters. The van der Waals surface area contributed by atoms with Crippen LogP contribution in [0, 0.1) is 11.8 Å². The number of amides is 1. The topological polar surface area (TPSA) is 50.4 Å². The van der Waals surface area contributed by atoms with E-state index in [1.54, 1.807) is 0 Å². The molecule has 0 aromatic heterocycles. The summed E-state index contributed by atoms with van der Waals surface area (Å²) in [6.07, 6.45) is 5.58. The van der Waals surface area contributed by atoms with Crippen molar-refractivity contribution in [1.82, 2.24) is 10.6 Å². The molecule has 1 spiro atoms. The highest BCUT2D eigenvalue weighted by molar-refractivity contribution is 5.85. The fraction of sp³-hybridized carbons (Fsp3) is 0.632. The van der Waals surface area contributed by atoms with E-state index < -0.39 is 0 Å². The number of rotatable bonds is 3. The predicted octanol–water partition coefficient (Wildman–Crippen LogP) is 3.22. The third-order valence-corrected chi connectivity index (χ3v) is 5.96. The second kappa shape index (κ2) is 6.93. The van der Waals surface area contributed by atoms with Gasteiger partial charge in [0.05, 0.1) is 6.04 Å². The van der Waals surface area contributed by atoms with Gasteiger partial charge in [0.1, 0.15) is 11.4 Å². The number of hydrogen-bond acceptors (Lipinski definition) is 3. The maximum atomic E-state index is 12.7. The molecule has 2 N–H and O–H groups in total. The van der Waals surface area contributed by atoms with Crippen LogP contribution < -0.4 is 15.4 Å². The Balaban J connectivity index is 0.00000169. The standard InChI is InChI=1S/C19H26N2O2.ClH/c1-13(14-11-20-12-14)18(22)21-16-10-19(8-4-5-9-19)23-17-7-3-2-6-15(16)17;/h2-3,6-7,13-14,16,20H,4-5,8-12H2,1H3,(H,21,22);1H. The molecule has 1 saturated carbocycles. The number of benzene rings is 1. The van der Waals surface area contributed by atoms with Crippen LogP contribution in [-0.2, 0) is 4.79 Å². The normalized spacial score (nSPS) is 25.8. The van der Waals surface area contributed by atoms with Crippen LogP contribution in [0.5, 0.6) is 5.75 Å². The highest BCUT2D eigenvalue weighted by atomic mass is 35.5. The van der Waals surface area contributed by atoms with Gasteiger partial charge in [0.2, 0.25) is 5.91 Å². The molecule has 2 aliphatic heterocycles. The highest BCUT2D eigenvalue weighted by Gasteiger charge is 2.43. The summed E-state index contributed by atoms with van der Waals surface area (Å²) in [7, 11) is 0. The first-order chi connectivity index (χ1) is 11.2. The van der Waals surface area contributed by atoms with Crippen LogP contribution in [-0.4, -0.2) is 24.6 Å². The Bertz CT molecular complexity index is 597. The Kier molecular flexibility index (Phi) is 5.07. The lowest BCUT2D eigenvalue weighted by Gasteiger charge is -2.41. The van der Waals surface area contributed by atoms with E-state index in [0.717, 1.165) is 43.7 Å². The van der Waals surface area contributed by atoms with Crippen LogP contribution in [0.4, 0.5) is 0 Å². The highest BCUT2D eigenvalue weighted by Crippen LogP contribution is 2.47. The molecule has 1 amide bonds. The minimum atomic E-state index is -0.0619. The molecule has 1 saturated heterocycles. The van der Waals surface area contributed by atoms with Crippen LogP contribution in [0.1, 0.15) is 50.6 Å². The molecule has 4 nitrogen and oxygen atoms in total. The van der Waals surface area contributed by atoms with Crippen molar-refractivity contribution in [3.05, 3.63) is 29.8 Å². The van der Waals surface area contributed by atoms with Gasteiger partial charge in [-0.1, -0.05) is 25.1 Å². The number of fused-ring (bicyclic) bond motifs is 1. The summed E-state index contributed by atoms with van der Waals surface area (Å²) in [6, 6.07) is 8.28. The first-order valence-electron chi connectivity index (χ1n) is 8.96. The van der Waals surface area contributed by atoms with Gasteiger partial charge in [-0.3, -0.25) is 4.79 Å². The zero-order valence-electron chi connectivity index (χ0n) is 14.2. The molecular weight excluding hydrogens is 324 g/mol. The monoisotopic (exact) mass is 350 g/mol. The van der Waals surface area contributed by atoms with Gasteiger partial charge < -0.3 is 15.4 Å². The average Bonchev–Trinajstić information content (AvgIpc) is 2.93. The molecule has 132 valence electrons. The molecule has 1 aliphatic carbocycles. The van der Waals surface area contributed by atoms with Crippen LogP contribution in [0.25, 0.3) is 0 Å². The number of hydrogen-bond donors (Lipinski definition) is 2. The molecule has 0 radical (unpaired) electrons. The number of para-hydroxylation sites is 1. The Morgan fingerprint density at radius 1 is 1.29 bits per heavy atom. The van der Waals surface area contributed by atoms with Gasteiger partial charge in [-0.15, -0.1) is 12.4 Å². The zero-order chi connectivity index (χ0) is 15.9. The van der Waals surface area contributed by atoms with Crippen molar-refractivity contribution in [2.45, 2.75) is 50.7 Å². The van der Waals surface area contributed by atoms with Gasteiger partial charge in [-0.25, -0.2) is 0 Å². The minimum Gasteiger partial charge on any atom is -0.487 e. The van der Waals surface area contributed by atoms with Crippen molar-refractivity contribution in [1.29, 1.82) is 0 Å². The Morgan fingerprint density at radius 3 is 2.67 bits per heavy atom. The quantitative estimate of drug-likeness (QED) is 0.880. The van der Waals surface area contributed by atoms with Gasteiger partial charge in [-0.2, -0.15) is 0 Å². The third kappa shape index (κ3) is 3.14. The number of halogens is 1. The fourth-order valence-corrected chi connectivity index (χ4v) is 4.25. The summed E-state index contributed by atoms with van der Waals surface area (Å²) in [5, 5.41) is 6.58. The van der Waals surface area contributed by atoms with E-state index in [1.165, 1.54) is 12.8 Å². The second-order valence-corrected chi connectivity index (χ2v) is 7.50. The summed E-state index contributed by atoms with van der Waals surface area (Å²) in [5.41, 5.74) is 1.07. The second-order valence-electron chi connectivity index (χ2n) is 7.50. The first-order valence-corrected chi connectivity index (χ1v) is 8.96. The Morgan fingerprint density at radius 2 is 2.00 bits per heavy atom. The largest absolute Gasteiger partial charge is 0.487 e. The summed E-state index contributed by atoms with van der Waals surface area (Å²) in [4.78, 5) is 12.7. The lowest BCUT2D eigenvalue weighted by Crippen LogP contribution is -2.51. The van der Waals surface area contributed by atoms with E-state index in [4.69, 9.17) is 4.74 Å². The van der Waals surface area contributed by atoms with Crippen LogP contribution in [0.15, 0.2) is 24.3 Å². The summed E-state index contributed by atoms with van der Waals surface area (Å²) < 4.78 is 6.37. The van der Waals surface area contributed by atoms with Gasteiger partial charge in [-0.05, 0) is 50.8 Å². The lowest BCUT2D eigenvalue weighted by molar-refractivity contribution is -0.128. The number of ether oxygens (including phenoxy) is 1. The number of carbonyl (C=O) groups is 1. The van der Waals surface area contributed by atoms with Gasteiger partial charge in [0, 0.05) is 17.9 Å². The molecule has 4 rings (SSSR count). The molecule has 2 fully saturated rings. The summed E-state index contributed by atoms with van der Waals surface area (Å²) in [5.74, 6) is 1.70. The van der Waals surface area contributed by atoms with Gasteiger partial charge in [0.25, 0.3) is 0 Å². The number of nitrogens with one attached hydrogen (secondary N) is 2. The zero-order valence-corrected chi connectivity index (χ0v) is 15.0. The Hall–Kier alpha value is -1.26. The SMILES string of the molecule is CC(C(=O)NC1CC2(CCCC2)Oc2ccccc21)C1CNC1.Cl. The minimum absolute atomic E-state index is 0. The van der Waals surface area contributed by atoms with Gasteiger partial charge in [0.15, 0.2) is 0 Å². The molecule has 2 atom stereocenters. The summed E-state index contributed by atoms with van der Waals surface area (Å²) in [6.45, 7) is 3.98. The van der Waals surface area contributed by atoms with E-state index in [0.29, 0.717) is 5.92 Å². The van der Waals surface area contributed by atoms with Crippen molar-refractivity contribution >= 4 is 18.3 Å². The van der Waals surface area contributed by atoms with Crippen molar-refractivity contribution in [3.63, 3.8) is 0 Å². The maximum Gasteiger partial charge on any atom is 0.223 e. The third-order valence-electron chi connectivity index (χ3n) is 5.96. The molecule has 3 aliphatic rings. The van der Waals surface area contributed by atoms with Crippen molar-refractivity contribution in [2.24, 2.45) is 11.8 Å². The fourth-order valence-electron chi connectivity index (χ4n) is 4.25. The molecule has 24 heavy (non-hydrogen) atoms.